The summed E-state index contributed by atoms with van der Waals surface area (Å²) in [7, 11) is 0. The number of benzene rings is 3. The first-order valence-electron chi connectivity index (χ1n) is 10.9. The van der Waals surface area contributed by atoms with Crippen LogP contribution in [0.3, 0.4) is 0 Å². The van der Waals surface area contributed by atoms with Gasteiger partial charge < -0.3 is 19.5 Å². The standard InChI is InChI=1S/C26H23N3O4/c30-25(27-16-18-6-2-1-3-7-18)22-15-24(33-28-22)23-17-32-13-12-29(23)26(31)21-11-10-19-8-4-5-9-20(19)14-21/h1-11,14-15,23H,12-13,16-17H2,(H,27,30). The van der Waals surface area contributed by atoms with E-state index >= 15 is 0 Å². The summed E-state index contributed by atoms with van der Waals surface area (Å²) in [6, 6.07) is 24.3. The van der Waals surface area contributed by atoms with Gasteiger partial charge in [-0.15, -0.1) is 0 Å². The first-order chi connectivity index (χ1) is 16.2. The molecular formula is C26H23N3O4. The maximum Gasteiger partial charge on any atom is 0.273 e. The topological polar surface area (TPSA) is 84.7 Å². The molecule has 0 aliphatic carbocycles. The number of carbonyl (C=O) groups excluding carboxylic acids is 2. The number of hydrogen-bond acceptors (Lipinski definition) is 5. The van der Waals surface area contributed by atoms with E-state index in [4.69, 9.17) is 9.26 Å². The second-order valence-electron chi connectivity index (χ2n) is 7.93. The van der Waals surface area contributed by atoms with Crippen LogP contribution in [0.15, 0.2) is 83.4 Å². The van der Waals surface area contributed by atoms with Crippen molar-refractivity contribution in [2.75, 3.05) is 19.8 Å². The first-order valence-corrected chi connectivity index (χ1v) is 10.9. The summed E-state index contributed by atoms with van der Waals surface area (Å²) in [5, 5.41) is 8.85. The third-order valence-corrected chi connectivity index (χ3v) is 5.77. The summed E-state index contributed by atoms with van der Waals surface area (Å²) in [6.45, 7) is 1.53. The lowest BCUT2D eigenvalue weighted by Crippen LogP contribution is -2.43. The van der Waals surface area contributed by atoms with Gasteiger partial charge in [-0.3, -0.25) is 9.59 Å². The predicted molar refractivity (Wildman–Crippen MR) is 123 cm³/mol. The molecule has 7 heteroatoms. The normalized spacial score (nSPS) is 16.0. The summed E-state index contributed by atoms with van der Waals surface area (Å²) < 4.78 is 11.1. The molecule has 33 heavy (non-hydrogen) atoms. The molecule has 3 aromatic carbocycles. The van der Waals surface area contributed by atoms with Gasteiger partial charge in [0.05, 0.1) is 13.2 Å². The molecule has 0 spiro atoms. The SMILES string of the molecule is O=C(NCc1ccccc1)c1cc(C2COCCN2C(=O)c2ccc3ccccc3c2)on1. The van der Waals surface area contributed by atoms with Gasteiger partial charge >= 0.3 is 0 Å². The van der Waals surface area contributed by atoms with Crippen molar-refractivity contribution in [3.05, 3.63) is 101 Å². The van der Waals surface area contributed by atoms with Gasteiger partial charge in [0.15, 0.2) is 11.5 Å². The van der Waals surface area contributed by atoms with E-state index < -0.39 is 6.04 Å². The zero-order chi connectivity index (χ0) is 22.6. The quantitative estimate of drug-likeness (QED) is 0.507. The molecule has 1 saturated heterocycles. The van der Waals surface area contributed by atoms with Crippen LogP contribution in [0.4, 0.5) is 0 Å². The van der Waals surface area contributed by atoms with Crippen LogP contribution in [0.25, 0.3) is 10.8 Å². The number of hydrogen-bond donors (Lipinski definition) is 1. The third kappa shape index (κ3) is 4.49. The Kier molecular flexibility index (Phi) is 5.87. The lowest BCUT2D eigenvalue weighted by Gasteiger charge is -2.34. The molecule has 4 aromatic rings. The molecule has 1 aliphatic heterocycles. The van der Waals surface area contributed by atoms with Crippen molar-refractivity contribution in [3.63, 3.8) is 0 Å². The van der Waals surface area contributed by atoms with Crippen molar-refractivity contribution in [1.29, 1.82) is 0 Å². The molecule has 0 saturated carbocycles. The Bertz CT molecular complexity index is 1280. The van der Waals surface area contributed by atoms with Crippen molar-refractivity contribution >= 4 is 22.6 Å². The van der Waals surface area contributed by atoms with Gasteiger partial charge in [0.25, 0.3) is 11.8 Å². The average molecular weight is 441 g/mol. The highest BCUT2D eigenvalue weighted by molar-refractivity contribution is 5.99. The molecular weight excluding hydrogens is 418 g/mol. The maximum atomic E-state index is 13.4. The van der Waals surface area contributed by atoms with Crippen molar-refractivity contribution in [1.82, 2.24) is 15.4 Å². The highest BCUT2D eigenvalue weighted by Crippen LogP contribution is 2.27. The summed E-state index contributed by atoms with van der Waals surface area (Å²) in [5.41, 5.74) is 1.76. The van der Waals surface area contributed by atoms with Crippen LogP contribution >= 0.6 is 0 Å². The van der Waals surface area contributed by atoms with E-state index in [0.29, 0.717) is 31.0 Å². The minimum Gasteiger partial charge on any atom is -0.377 e. The average Bonchev–Trinajstić information content (AvgIpc) is 3.37. The van der Waals surface area contributed by atoms with Crippen molar-refractivity contribution in [2.24, 2.45) is 0 Å². The number of rotatable bonds is 5. The summed E-state index contributed by atoms with van der Waals surface area (Å²) in [4.78, 5) is 27.6. The van der Waals surface area contributed by atoms with E-state index in [1.807, 2.05) is 72.8 Å². The van der Waals surface area contributed by atoms with Crippen LogP contribution in [0.1, 0.15) is 38.2 Å². The molecule has 1 fully saturated rings. The molecule has 1 N–H and O–H groups in total. The number of morpholine rings is 1. The largest absolute Gasteiger partial charge is 0.377 e. The lowest BCUT2D eigenvalue weighted by molar-refractivity contribution is -0.0103. The van der Waals surface area contributed by atoms with E-state index in [0.717, 1.165) is 16.3 Å². The van der Waals surface area contributed by atoms with E-state index in [1.165, 1.54) is 0 Å². The number of nitrogens with one attached hydrogen (secondary N) is 1. The maximum absolute atomic E-state index is 13.4. The first kappa shape index (κ1) is 20.9. The van der Waals surface area contributed by atoms with Crippen LogP contribution in [0.5, 0.6) is 0 Å². The molecule has 0 radical (unpaired) electrons. The molecule has 1 atom stereocenters. The molecule has 7 nitrogen and oxygen atoms in total. The number of ether oxygens (including phenoxy) is 1. The number of nitrogens with zero attached hydrogens (tertiary/aromatic N) is 2. The fraction of sp³-hybridized carbons (Fsp3) is 0.192. The van der Waals surface area contributed by atoms with Crippen LogP contribution < -0.4 is 5.32 Å². The highest BCUT2D eigenvalue weighted by Gasteiger charge is 2.33. The molecule has 1 aromatic heterocycles. The van der Waals surface area contributed by atoms with Gasteiger partial charge in [-0.2, -0.15) is 0 Å². The Morgan fingerprint density at radius 1 is 0.970 bits per heavy atom. The van der Waals surface area contributed by atoms with Crippen LogP contribution in [-0.2, 0) is 11.3 Å². The van der Waals surface area contributed by atoms with E-state index in [-0.39, 0.29) is 24.1 Å². The molecule has 1 aliphatic rings. The fourth-order valence-corrected chi connectivity index (χ4v) is 3.99. The van der Waals surface area contributed by atoms with Crippen molar-refractivity contribution in [2.45, 2.75) is 12.6 Å². The minimum atomic E-state index is -0.458. The molecule has 0 bridgehead atoms. The summed E-state index contributed by atoms with van der Waals surface area (Å²) in [5.74, 6) is -0.0211. The summed E-state index contributed by atoms with van der Waals surface area (Å²) in [6.07, 6.45) is 0. The van der Waals surface area contributed by atoms with Crippen LogP contribution in [0, 0.1) is 0 Å². The van der Waals surface area contributed by atoms with E-state index in [2.05, 4.69) is 10.5 Å². The summed E-state index contributed by atoms with van der Waals surface area (Å²) >= 11 is 0. The predicted octanol–water partition coefficient (Wildman–Crippen LogP) is 3.97. The molecule has 2 amide bonds. The van der Waals surface area contributed by atoms with Crippen molar-refractivity contribution in [3.8, 4) is 0 Å². The molecule has 1 unspecified atom stereocenters. The Morgan fingerprint density at radius 2 is 1.76 bits per heavy atom. The van der Waals surface area contributed by atoms with Gasteiger partial charge in [-0.1, -0.05) is 65.8 Å². The zero-order valence-corrected chi connectivity index (χ0v) is 17.9. The monoisotopic (exact) mass is 441 g/mol. The van der Waals surface area contributed by atoms with E-state index in [9.17, 15) is 9.59 Å². The Hall–Kier alpha value is -3.97. The molecule has 166 valence electrons. The van der Waals surface area contributed by atoms with Crippen LogP contribution in [-0.4, -0.2) is 41.6 Å². The Morgan fingerprint density at radius 3 is 2.61 bits per heavy atom. The number of aromatic nitrogens is 1. The second-order valence-corrected chi connectivity index (χ2v) is 7.93. The van der Waals surface area contributed by atoms with Gasteiger partial charge in [-0.05, 0) is 28.5 Å². The van der Waals surface area contributed by atoms with Crippen LogP contribution in [0.2, 0.25) is 0 Å². The Balaban J connectivity index is 1.32. The third-order valence-electron chi connectivity index (χ3n) is 5.77. The number of fused-ring (bicyclic) bond motifs is 1. The fourth-order valence-electron chi connectivity index (χ4n) is 3.99. The lowest BCUT2D eigenvalue weighted by atomic mass is 10.0. The zero-order valence-electron chi connectivity index (χ0n) is 17.9. The smallest absolute Gasteiger partial charge is 0.273 e. The second kappa shape index (κ2) is 9.26. The highest BCUT2D eigenvalue weighted by atomic mass is 16.5. The number of carbonyl (C=O) groups is 2. The van der Waals surface area contributed by atoms with E-state index in [1.54, 1.807) is 11.0 Å². The number of amides is 2. The minimum absolute atomic E-state index is 0.111. The Labute approximate surface area is 190 Å². The van der Waals surface area contributed by atoms with Crippen molar-refractivity contribution < 1.29 is 18.8 Å². The van der Waals surface area contributed by atoms with Gasteiger partial charge in [0.2, 0.25) is 0 Å². The van der Waals surface area contributed by atoms with Gasteiger partial charge in [0.1, 0.15) is 6.04 Å². The van der Waals surface area contributed by atoms with Gasteiger partial charge in [-0.25, -0.2) is 0 Å². The molecule has 5 rings (SSSR count). The van der Waals surface area contributed by atoms with Gasteiger partial charge in [0, 0.05) is 24.7 Å². The molecule has 2 heterocycles.